The molecule has 0 saturated heterocycles. The number of hydrogen-bond donors (Lipinski definition) is 2. The van der Waals surface area contributed by atoms with E-state index < -0.39 is 5.54 Å². The topological polar surface area (TPSA) is 98.8 Å². The van der Waals surface area contributed by atoms with Gasteiger partial charge in [-0.05, 0) is 36.8 Å². The van der Waals surface area contributed by atoms with E-state index in [0.29, 0.717) is 36.2 Å². The van der Waals surface area contributed by atoms with Gasteiger partial charge < -0.3 is 20.5 Å². The lowest BCUT2D eigenvalue weighted by atomic mass is 9.92. The predicted octanol–water partition coefficient (Wildman–Crippen LogP) is 1.95. The maximum absolute atomic E-state index is 12.3. The summed E-state index contributed by atoms with van der Waals surface area (Å²) in [6.45, 7) is 2.73. The Balaban J connectivity index is 1.79. The summed E-state index contributed by atoms with van der Waals surface area (Å²) in [7, 11) is 1.55. The summed E-state index contributed by atoms with van der Waals surface area (Å²) in [5.41, 5.74) is 7.11. The Morgan fingerprint density at radius 3 is 2.88 bits per heavy atom. The van der Waals surface area contributed by atoms with Crippen molar-refractivity contribution in [2.75, 3.05) is 25.6 Å². The first-order chi connectivity index (χ1) is 12.0. The average Bonchev–Trinajstić information content (AvgIpc) is 2.62. The highest BCUT2D eigenvalue weighted by Crippen LogP contribution is 2.30. The standard InChI is InChI=1S/C18H20N4O3/c1-18(11-25-10-16(19)22-18)12-4-3-5-13(8-12)21-17(23)15-7-6-14(24-2)9-20-15/h3-9H,10-11H2,1-2H3,(H2,19,22)(H,21,23). The fourth-order valence-electron chi connectivity index (χ4n) is 2.65. The second-order valence-corrected chi connectivity index (χ2v) is 5.99. The van der Waals surface area contributed by atoms with Gasteiger partial charge >= 0.3 is 0 Å². The second kappa shape index (κ2) is 6.90. The van der Waals surface area contributed by atoms with Crippen molar-refractivity contribution in [1.29, 1.82) is 0 Å². The molecule has 2 heterocycles. The fraction of sp³-hybridized carbons (Fsp3) is 0.278. The molecule has 1 aliphatic rings. The predicted molar refractivity (Wildman–Crippen MR) is 95.0 cm³/mol. The Hall–Kier alpha value is -2.93. The maximum Gasteiger partial charge on any atom is 0.274 e. The molecule has 1 aromatic carbocycles. The van der Waals surface area contributed by atoms with Gasteiger partial charge in [-0.25, -0.2) is 4.98 Å². The number of rotatable bonds is 4. The number of carbonyl (C=O) groups excluding carboxylic acids is 1. The second-order valence-electron chi connectivity index (χ2n) is 5.99. The number of benzene rings is 1. The van der Waals surface area contributed by atoms with Crippen molar-refractivity contribution in [1.82, 2.24) is 4.98 Å². The lowest BCUT2D eigenvalue weighted by molar-refractivity contribution is 0.102. The molecule has 0 spiro atoms. The van der Waals surface area contributed by atoms with Crippen LogP contribution in [0.5, 0.6) is 5.75 Å². The third-order valence-corrected chi connectivity index (χ3v) is 3.97. The number of amides is 1. The molecule has 130 valence electrons. The monoisotopic (exact) mass is 340 g/mol. The smallest absolute Gasteiger partial charge is 0.274 e. The first-order valence-electron chi connectivity index (χ1n) is 7.84. The molecule has 0 bridgehead atoms. The van der Waals surface area contributed by atoms with Crippen molar-refractivity contribution in [2.45, 2.75) is 12.5 Å². The van der Waals surface area contributed by atoms with E-state index in [-0.39, 0.29) is 5.91 Å². The number of nitrogens with two attached hydrogens (primary N) is 1. The molecule has 7 heteroatoms. The van der Waals surface area contributed by atoms with Gasteiger partial charge in [0.25, 0.3) is 5.91 Å². The molecular weight excluding hydrogens is 320 g/mol. The number of aliphatic imine (C=N–C) groups is 1. The molecule has 0 aliphatic carbocycles. The molecule has 0 saturated carbocycles. The zero-order valence-corrected chi connectivity index (χ0v) is 14.2. The lowest BCUT2D eigenvalue weighted by Gasteiger charge is -2.30. The Labute approximate surface area is 145 Å². The van der Waals surface area contributed by atoms with Gasteiger partial charge in [-0.2, -0.15) is 0 Å². The van der Waals surface area contributed by atoms with Gasteiger partial charge in [0.1, 0.15) is 29.4 Å². The van der Waals surface area contributed by atoms with Gasteiger partial charge in [0.05, 0.1) is 19.9 Å². The maximum atomic E-state index is 12.3. The summed E-state index contributed by atoms with van der Waals surface area (Å²) < 4.78 is 10.5. The molecule has 7 nitrogen and oxygen atoms in total. The van der Waals surface area contributed by atoms with Crippen LogP contribution in [0.1, 0.15) is 23.0 Å². The minimum atomic E-state index is -0.568. The van der Waals surface area contributed by atoms with Crippen molar-refractivity contribution in [3.8, 4) is 5.75 Å². The molecule has 0 fully saturated rings. The number of pyridine rings is 1. The number of ether oxygens (including phenoxy) is 2. The fourth-order valence-corrected chi connectivity index (χ4v) is 2.65. The minimum absolute atomic E-state index is 0.298. The summed E-state index contributed by atoms with van der Waals surface area (Å²) in [6.07, 6.45) is 1.50. The van der Waals surface area contributed by atoms with Crippen LogP contribution in [0.4, 0.5) is 5.69 Å². The van der Waals surface area contributed by atoms with E-state index in [4.69, 9.17) is 15.2 Å². The third kappa shape index (κ3) is 3.77. The van der Waals surface area contributed by atoms with Crippen molar-refractivity contribution in [2.24, 2.45) is 10.7 Å². The molecule has 1 atom stereocenters. The Bertz CT molecular complexity index is 804. The molecule has 3 rings (SSSR count). The van der Waals surface area contributed by atoms with Crippen molar-refractivity contribution in [3.05, 3.63) is 53.9 Å². The number of methoxy groups -OCH3 is 1. The van der Waals surface area contributed by atoms with Crippen LogP contribution in [-0.2, 0) is 10.3 Å². The van der Waals surface area contributed by atoms with Crippen LogP contribution >= 0.6 is 0 Å². The Kier molecular flexibility index (Phi) is 4.67. The van der Waals surface area contributed by atoms with Crippen LogP contribution in [0.2, 0.25) is 0 Å². The van der Waals surface area contributed by atoms with Crippen LogP contribution in [0, 0.1) is 0 Å². The van der Waals surface area contributed by atoms with E-state index in [0.717, 1.165) is 5.56 Å². The van der Waals surface area contributed by atoms with E-state index in [1.165, 1.54) is 6.20 Å². The molecule has 25 heavy (non-hydrogen) atoms. The average molecular weight is 340 g/mol. The lowest BCUT2D eigenvalue weighted by Crippen LogP contribution is -2.37. The van der Waals surface area contributed by atoms with Gasteiger partial charge in [0.15, 0.2) is 0 Å². The zero-order valence-electron chi connectivity index (χ0n) is 14.2. The third-order valence-electron chi connectivity index (χ3n) is 3.97. The van der Waals surface area contributed by atoms with Gasteiger partial charge in [-0.3, -0.25) is 9.79 Å². The van der Waals surface area contributed by atoms with Gasteiger partial charge in [0.2, 0.25) is 0 Å². The number of hydrogen-bond acceptors (Lipinski definition) is 6. The first kappa shape index (κ1) is 16.9. The highest BCUT2D eigenvalue weighted by Gasteiger charge is 2.30. The minimum Gasteiger partial charge on any atom is -0.495 e. The van der Waals surface area contributed by atoms with E-state index >= 15 is 0 Å². The molecule has 1 unspecified atom stereocenters. The number of nitrogens with zero attached hydrogens (tertiary/aromatic N) is 2. The first-order valence-corrected chi connectivity index (χ1v) is 7.84. The molecule has 2 aromatic rings. The summed E-state index contributed by atoms with van der Waals surface area (Å²) in [4.78, 5) is 20.9. The van der Waals surface area contributed by atoms with Crippen LogP contribution in [0.15, 0.2) is 47.6 Å². The summed E-state index contributed by atoms with van der Waals surface area (Å²) in [5.74, 6) is 0.762. The van der Waals surface area contributed by atoms with Gasteiger partial charge in [-0.15, -0.1) is 0 Å². The number of carbonyl (C=O) groups is 1. The van der Waals surface area contributed by atoms with E-state index in [2.05, 4.69) is 15.3 Å². The molecule has 3 N–H and O–H groups in total. The molecular formula is C18H20N4O3. The van der Waals surface area contributed by atoms with Gasteiger partial charge in [-0.1, -0.05) is 12.1 Å². The van der Waals surface area contributed by atoms with Crippen LogP contribution in [0.3, 0.4) is 0 Å². The molecule has 1 aromatic heterocycles. The van der Waals surface area contributed by atoms with Crippen molar-refractivity contribution in [3.63, 3.8) is 0 Å². The number of anilines is 1. The highest BCUT2D eigenvalue weighted by molar-refractivity contribution is 6.02. The highest BCUT2D eigenvalue weighted by atomic mass is 16.5. The van der Waals surface area contributed by atoms with Crippen LogP contribution in [0.25, 0.3) is 0 Å². The van der Waals surface area contributed by atoms with Crippen molar-refractivity contribution < 1.29 is 14.3 Å². The summed E-state index contributed by atoms with van der Waals surface area (Å²) in [5, 5.41) is 2.84. The summed E-state index contributed by atoms with van der Waals surface area (Å²) >= 11 is 0. The molecule has 1 aliphatic heterocycles. The number of aromatic nitrogens is 1. The number of nitrogens with one attached hydrogen (secondary N) is 1. The molecule has 1 amide bonds. The Morgan fingerprint density at radius 1 is 1.36 bits per heavy atom. The van der Waals surface area contributed by atoms with E-state index in [9.17, 15) is 4.79 Å². The summed E-state index contributed by atoms with van der Waals surface area (Å²) in [6, 6.07) is 10.8. The van der Waals surface area contributed by atoms with Crippen LogP contribution in [-0.4, -0.2) is 37.1 Å². The number of amidine groups is 1. The van der Waals surface area contributed by atoms with Crippen LogP contribution < -0.4 is 15.8 Å². The van der Waals surface area contributed by atoms with E-state index in [1.807, 2.05) is 31.2 Å². The van der Waals surface area contributed by atoms with E-state index in [1.54, 1.807) is 19.2 Å². The van der Waals surface area contributed by atoms with Crippen molar-refractivity contribution >= 4 is 17.4 Å². The zero-order chi connectivity index (χ0) is 17.9. The normalized spacial score (nSPS) is 19.8. The van der Waals surface area contributed by atoms with Gasteiger partial charge in [0, 0.05) is 5.69 Å². The SMILES string of the molecule is COc1ccc(C(=O)Nc2cccc(C3(C)COCC(N)=N3)c2)nc1. The largest absolute Gasteiger partial charge is 0.495 e. The molecule has 0 radical (unpaired) electrons. The Morgan fingerprint density at radius 2 is 2.20 bits per heavy atom. The quantitative estimate of drug-likeness (QED) is 0.886.